The highest BCUT2D eigenvalue weighted by molar-refractivity contribution is 5.93. The van der Waals surface area contributed by atoms with Gasteiger partial charge in [0, 0.05) is 70.6 Å². The quantitative estimate of drug-likeness (QED) is 0.0782. The zero-order chi connectivity index (χ0) is 36.8. The van der Waals surface area contributed by atoms with Gasteiger partial charge in [-0.3, -0.25) is 19.4 Å². The zero-order valence-corrected chi connectivity index (χ0v) is 30.5. The number of carbonyl (C=O) groups excluding carboxylic acids is 2. The molecule has 5 N–H and O–H groups in total. The number of aliphatic hydroxyl groups excluding tert-OH is 1. The van der Waals surface area contributed by atoms with Crippen LogP contribution in [0.4, 0.5) is 11.4 Å². The summed E-state index contributed by atoms with van der Waals surface area (Å²) in [4.78, 5) is 29.8. The largest absolute Gasteiger partial charge is 0.397 e. The molecule has 0 aromatic heterocycles. The van der Waals surface area contributed by atoms with Crippen molar-refractivity contribution in [1.82, 2.24) is 15.1 Å². The fraction of sp³-hybridized carbons (Fsp3) is 0.395. The van der Waals surface area contributed by atoms with E-state index in [1.54, 1.807) is 12.1 Å². The van der Waals surface area contributed by atoms with Crippen molar-refractivity contribution in [2.24, 2.45) is 0 Å². The summed E-state index contributed by atoms with van der Waals surface area (Å²) in [5, 5.41) is 15.4. The Morgan fingerprint density at radius 3 is 2.06 bits per heavy atom. The van der Waals surface area contributed by atoms with Crippen LogP contribution in [0, 0.1) is 0 Å². The van der Waals surface area contributed by atoms with Gasteiger partial charge in [-0.2, -0.15) is 0 Å². The van der Waals surface area contributed by atoms with E-state index in [2.05, 4.69) is 50.8 Å². The number of unbranched alkanes of at least 4 members (excludes halogenated alkanes) is 2. The van der Waals surface area contributed by atoms with E-state index >= 15 is 0 Å². The number of carbonyl (C=O) groups is 2. The fourth-order valence-corrected chi connectivity index (χ4v) is 6.95. The van der Waals surface area contributed by atoms with Crippen molar-refractivity contribution in [3.05, 3.63) is 131 Å². The number of aliphatic hydroxyl groups is 1. The van der Waals surface area contributed by atoms with Gasteiger partial charge in [0.15, 0.2) is 6.29 Å². The zero-order valence-electron chi connectivity index (χ0n) is 30.5. The summed E-state index contributed by atoms with van der Waals surface area (Å²) in [6.45, 7) is 6.30. The van der Waals surface area contributed by atoms with Crippen LogP contribution in [0.25, 0.3) is 0 Å². The normalized spacial score (nSPS) is 19.5. The van der Waals surface area contributed by atoms with Crippen LogP contribution in [0.1, 0.15) is 78.7 Å². The van der Waals surface area contributed by atoms with Crippen molar-refractivity contribution < 1.29 is 24.2 Å². The number of nitrogens with one attached hydrogen (secondary N) is 2. The minimum absolute atomic E-state index is 0.00617. The number of para-hydroxylation sites is 2. The van der Waals surface area contributed by atoms with Gasteiger partial charge in [0.2, 0.25) is 11.8 Å². The van der Waals surface area contributed by atoms with Crippen molar-refractivity contribution in [3.8, 4) is 0 Å². The molecule has 53 heavy (non-hydrogen) atoms. The number of hydrogen-bond donors (Lipinski definition) is 4. The molecule has 3 atom stereocenters. The van der Waals surface area contributed by atoms with E-state index in [1.165, 1.54) is 5.56 Å². The molecule has 0 unspecified atom stereocenters. The molecule has 2 aliphatic rings. The molecule has 0 radical (unpaired) electrons. The monoisotopic (exact) mass is 719 g/mol. The fourth-order valence-electron chi connectivity index (χ4n) is 6.95. The molecule has 2 saturated heterocycles. The number of rotatable bonds is 16. The second kappa shape index (κ2) is 19.5. The lowest BCUT2D eigenvalue weighted by atomic mass is 9.99. The number of amides is 2. The van der Waals surface area contributed by atoms with E-state index in [0.29, 0.717) is 37.2 Å². The maximum absolute atomic E-state index is 12.6. The van der Waals surface area contributed by atoms with E-state index < -0.39 is 6.29 Å². The molecule has 0 aliphatic carbocycles. The predicted octanol–water partition coefficient (Wildman–Crippen LogP) is 6.33. The average Bonchev–Trinajstić information content (AvgIpc) is 3.19. The molecule has 6 rings (SSSR count). The standard InChI is InChI=1S/C43H53N5O5/c44-38-11-7-8-12-39(38)46-42(51)14-6-2-5-13-41(50)45-28-32-15-21-36(22-16-32)43-52-37(27-40(53-43)35-19-17-34(31-49)18-20-35)30-48-25-23-47(24-26-48)29-33-9-3-1-4-10-33/h1,3-4,7-12,15-22,37,40,43,49H,2,5-6,13-14,23-31,44H2,(H,45,50)(H,46,51)/t37-,40+,43+/m1/s1. The number of nitrogens with two attached hydrogens (primary N) is 1. The van der Waals surface area contributed by atoms with E-state index in [9.17, 15) is 14.7 Å². The highest BCUT2D eigenvalue weighted by atomic mass is 16.7. The van der Waals surface area contributed by atoms with Crippen LogP contribution in [-0.4, -0.2) is 65.5 Å². The van der Waals surface area contributed by atoms with Crippen molar-refractivity contribution in [2.45, 2.75) is 76.7 Å². The second-order valence-electron chi connectivity index (χ2n) is 14.1. The van der Waals surface area contributed by atoms with E-state index in [-0.39, 0.29) is 30.6 Å². The molecule has 10 heteroatoms. The van der Waals surface area contributed by atoms with Crippen molar-refractivity contribution in [3.63, 3.8) is 0 Å². The molecular formula is C43H53N5O5. The molecule has 10 nitrogen and oxygen atoms in total. The van der Waals surface area contributed by atoms with Crippen LogP contribution in [0.3, 0.4) is 0 Å². The van der Waals surface area contributed by atoms with Gasteiger partial charge in [0.05, 0.1) is 30.2 Å². The predicted molar refractivity (Wildman–Crippen MR) is 207 cm³/mol. The number of ether oxygens (including phenoxy) is 2. The lowest BCUT2D eigenvalue weighted by Crippen LogP contribution is -2.49. The molecule has 2 aliphatic heterocycles. The number of hydrogen-bond acceptors (Lipinski definition) is 8. The third-order valence-electron chi connectivity index (χ3n) is 10.1. The molecule has 4 aromatic rings. The number of benzene rings is 4. The van der Waals surface area contributed by atoms with Gasteiger partial charge < -0.3 is 30.9 Å². The molecule has 0 spiro atoms. The van der Waals surface area contributed by atoms with Gasteiger partial charge in [-0.1, -0.05) is 97.4 Å². The van der Waals surface area contributed by atoms with E-state index in [0.717, 1.165) is 80.8 Å². The lowest BCUT2D eigenvalue weighted by Gasteiger charge is -2.40. The third kappa shape index (κ3) is 11.7. The van der Waals surface area contributed by atoms with Gasteiger partial charge >= 0.3 is 0 Å². The SMILES string of the molecule is Nc1ccccc1NC(=O)CCCCCC(=O)NCc1ccc([C@H]2O[C@@H](CN3CCN(Cc4ccccc4)CC3)C[C@@H](c3ccc(CO)cc3)O2)cc1. The van der Waals surface area contributed by atoms with Crippen LogP contribution in [-0.2, 0) is 38.8 Å². The minimum atomic E-state index is -0.522. The molecule has 4 aromatic carbocycles. The minimum Gasteiger partial charge on any atom is -0.397 e. The third-order valence-corrected chi connectivity index (χ3v) is 10.1. The van der Waals surface area contributed by atoms with Gasteiger partial charge in [0.1, 0.15) is 0 Å². The summed E-state index contributed by atoms with van der Waals surface area (Å²) < 4.78 is 13.2. The van der Waals surface area contributed by atoms with E-state index in [4.69, 9.17) is 15.2 Å². The average molecular weight is 720 g/mol. The molecule has 0 bridgehead atoms. The van der Waals surface area contributed by atoms with Gasteiger partial charge in [-0.15, -0.1) is 0 Å². The summed E-state index contributed by atoms with van der Waals surface area (Å²) in [5.74, 6) is -0.0795. The topological polar surface area (TPSA) is 129 Å². The Labute approximate surface area is 313 Å². The molecule has 2 fully saturated rings. The first kappa shape index (κ1) is 38.2. The summed E-state index contributed by atoms with van der Waals surface area (Å²) in [6.07, 6.45) is 3.11. The van der Waals surface area contributed by atoms with Crippen molar-refractivity contribution in [1.29, 1.82) is 0 Å². The molecule has 2 amide bonds. The van der Waals surface area contributed by atoms with Crippen LogP contribution >= 0.6 is 0 Å². The number of anilines is 2. The highest BCUT2D eigenvalue weighted by Gasteiger charge is 2.33. The smallest absolute Gasteiger partial charge is 0.224 e. The first-order chi connectivity index (χ1) is 25.9. The summed E-state index contributed by atoms with van der Waals surface area (Å²) >= 11 is 0. The molecule has 2 heterocycles. The highest BCUT2D eigenvalue weighted by Crippen LogP contribution is 2.38. The maximum Gasteiger partial charge on any atom is 0.224 e. The first-order valence-electron chi connectivity index (χ1n) is 18.9. The van der Waals surface area contributed by atoms with Crippen molar-refractivity contribution >= 4 is 23.2 Å². The maximum atomic E-state index is 12.6. The number of nitrogen functional groups attached to an aromatic ring is 1. The Kier molecular flexibility index (Phi) is 14.0. The van der Waals surface area contributed by atoms with Crippen molar-refractivity contribution in [2.75, 3.05) is 43.8 Å². The van der Waals surface area contributed by atoms with Gasteiger partial charge in [-0.25, -0.2) is 0 Å². The van der Waals surface area contributed by atoms with Crippen LogP contribution in [0.2, 0.25) is 0 Å². The van der Waals surface area contributed by atoms with Crippen LogP contribution in [0.5, 0.6) is 0 Å². The number of nitrogens with zero attached hydrogens (tertiary/aromatic N) is 2. The summed E-state index contributed by atoms with van der Waals surface area (Å²) in [5.41, 5.74) is 12.3. The Morgan fingerprint density at radius 1 is 0.698 bits per heavy atom. The number of piperazine rings is 1. The van der Waals surface area contributed by atoms with E-state index in [1.807, 2.05) is 60.7 Å². The molecule has 280 valence electrons. The second-order valence-corrected chi connectivity index (χ2v) is 14.1. The Bertz CT molecular complexity index is 1730. The molecule has 0 saturated carbocycles. The van der Waals surface area contributed by atoms with Gasteiger partial charge in [0.25, 0.3) is 0 Å². The summed E-state index contributed by atoms with van der Waals surface area (Å²) in [6, 6.07) is 33.9. The Hall–Kier alpha value is -4.58. The van der Waals surface area contributed by atoms with Gasteiger partial charge in [-0.05, 0) is 47.2 Å². The summed E-state index contributed by atoms with van der Waals surface area (Å²) in [7, 11) is 0. The lowest BCUT2D eigenvalue weighted by molar-refractivity contribution is -0.253. The Morgan fingerprint density at radius 2 is 1.34 bits per heavy atom. The first-order valence-corrected chi connectivity index (χ1v) is 18.9. The molecular weight excluding hydrogens is 667 g/mol. The van der Waals surface area contributed by atoms with Crippen LogP contribution in [0.15, 0.2) is 103 Å². The Balaban J connectivity index is 0.962. The van der Waals surface area contributed by atoms with Crippen LogP contribution < -0.4 is 16.4 Å².